The number of aliphatic hydroxyl groups excluding tert-OH is 2. The van der Waals surface area contributed by atoms with E-state index in [1.54, 1.807) is 6.20 Å². The van der Waals surface area contributed by atoms with Crippen LogP contribution >= 0.6 is 11.6 Å². The molecule has 0 radical (unpaired) electrons. The molecule has 0 aliphatic carbocycles. The molecule has 2 aliphatic rings. The van der Waals surface area contributed by atoms with Crippen molar-refractivity contribution in [1.29, 1.82) is 0 Å². The summed E-state index contributed by atoms with van der Waals surface area (Å²) in [6.07, 6.45) is -2.00. The van der Waals surface area contributed by atoms with Crippen molar-refractivity contribution in [2.75, 3.05) is 26.9 Å². The van der Waals surface area contributed by atoms with Crippen molar-refractivity contribution in [3.05, 3.63) is 46.9 Å². The molecule has 2 N–H and O–H groups in total. The zero-order valence-corrected chi connectivity index (χ0v) is 20.2. The van der Waals surface area contributed by atoms with Gasteiger partial charge in [0.25, 0.3) is 0 Å². The van der Waals surface area contributed by atoms with Gasteiger partial charge in [0, 0.05) is 25.3 Å². The number of aromatic nitrogens is 6. The summed E-state index contributed by atoms with van der Waals surface area (Å²) in [6, 6.07) is 0.959. The second-order valence-corrected chi connectivity index (χ2v) is 9.31. The van der Waals surface area contributed by atoms with Crippen molar-refractivity contribution < 1.29 is 37.6 Å². The number of alkyl halides is 1. The van der Waals surface area contributed by atoms with Crippen LogP contribution < -0.4 is 0 Å². The van der Waals surface area contributed by atoms with E-state index in [0.717, 1.165) is 0 Å². The maximum absolute atomic E-state index is 14.5. The van der Waals surface area contributed by atoms with Gasteiger partial charge >= 0.3 is 0 Å². The Morgan fingerprint density at radius 1 is 1.11 bits per heavy atom. The van der Waals surface area contributed by atoms with Crippen LogP contribution in [0.4, 0.5) is 13.2 Å². The van der Waals surface area contributed by atoms with E-state index in [-0.39, 0.29) is 35.9 Å². The zero-order valence-electron chi connectivity index (χ0n) is 19.5. The SMILES string of the molecule is CO[C@@H]1[C@@H](n2cc(-c3ccc(Cl)c(F)c3F)nn2)[C@@H](O)[C@@H](CO)O[C@@H]1Cc1cn([C@@H]2COC[C@H]2F)nn1. The van der Waals surface area contributed by atoms with Crippen LogP contribution in [0.5, 0.6) is 0 Å². The van der Waals surface area contributed by atoms with Crippen LogP contribution in [-0.4, -0.2) is 97.7 Å². The quantitative estimate of drug-likeness (QED) is 0.423. The summed E-state index contributed by atoms with van der Waals surface area (Å²) in [5, 5.41) is 36.5. The Balaban J connectivity index is 1.42. The van der Waals surface area contributed by atoms with E-state index in [1.165, 1.54) is 34.8 Å². The molecule has 0 unspecified atom stereocenters. The maximum atomic E-state index is 14.5. The highest BCUT2D eigenvalue weighted by atomic mass is 35.5. The molecule has 2 aliphatic heterocycles. The fourth-order valence-electron chi connectivity index (χ4n) is 4.73. The van der Waals surface area contributed by atoms with E-state index in [2.05, 4.69) is 20.6 Å². The lowest BCUT2D eigenvalue weighted by Gasteiger charge is -2.43. The molecule has 1 aromatic carbocycles. The minimum atomic E-state index is -1.29. The second-order valence-electron chi connectivity index (χ2n) is 8.90. The monoisotopic (exact) mass is 544 g/mol. The molecule has 37 heavy (non-hydrogen) atoms. The number of hydrogen-bond donors (Lipinski definition) is 2. The highest BCUT2D eigenvalue weighted by Gasteiger charge is 2.47. The molecule has 3 aromatic rings. The molecule has 2 aromatic heterocycles. The molecule has 0 bridgehead atoms. The predicted molar refractivity (Wildman–Crippen MR) is 120 cm³/mol. The molecule has 11 nitrogen and oxygen atoms in total. The van der Waals surface area contributed by atoms with Crippen LogP contribution in [0.25, 0.3) is 11.3 Å². The Kier molecular flexibility index (Phi) is 7.47. The second kappa shape index (κ2) is 10.6. The summed E-state index contributed by atoms with van der Waals surface area (Å²) in [4.78, 5) is 0. The van der Waals surface area contributed by atoms with Crippen molar-refractivity contribution in [1.82, 2.24) is 30.0 Å². The minimum absolute atomic E-state index is 0.00112. The Labute approximate surface area is 213 Å². The fraction of sp³-hybridized carbons (Fsp3) is 0.545. The lowest BCUT2D eigenvalue weighted by molar-refractivity contribution is -0.212. The third-order valence-electron chi connectivity index (χ3n) is 6.65. The summed E-state index contributed by atoms with van der Waals surface area (Å²) in [6.45, 7) is -0.349. The molecular formula is C22H24ClF3N6O5. The Morgan fingerprint density at radius 3 is 2.59 bits per heavy atom. The summed E-state index contributed by atoms with van der Waals surface area (Å²) in [5.74, 6) is -2.40. The van der Waals surface area contributed by atoms with Crippen molar-refractivity contribution in [2.24, 2.45) is 0 Å². The normalized spacial score (nSPS) is 30.2. The zero-order chi connectivity index (χ0) is 26.3. The van der Waals surface area contributed by atoms with E-state index in [4.69, 9.17) is 25.8 Å². The number of nitrogens with zero attached hydrogens (tertiary/aromatic N) is 6. The van der Waals surface area contributed by atoms with Gasteiger partial charge in [-0.2, -0.15) is 0 Å². The number of methoxy groups -OCH3 is 1. The van der Waals surface area contributed by atoms with E-state index >= 15 is 0 Å². The third kappa shape index (κ3) is 4.84. The molecule has 4 heterocycles. The fourth-order valence-corrected chi connectivity index (χ4v) is 4.88. The number of halogens is 4. The highest BCUT2D eigenvalue weighted by molar-refractivity contribution is 6.30. The van der Waals surface area contributed by atoms with Crippen molar-refractivity contribution in [2.45, 2.75) is 49.1 Å². The van der Waals surface area contributed by atoms with Gasteiger partial charge in [0.15, 0.2) is 11.6 Å². The topological polar surface area (TPSA) is 130 Å². The van der Waals surface area contributed by atoms with Gasteiger partial charge < -0.3 is 24.4 Å². The number of ether oxygens (including phenoxy) is 3. The van der Waals surface area contributed by atoms with Gasteiger partial charge in [-0.25, -0.2) is 22.5 Å². The first-order chi connectivity index (χ1) is 17.8. The van der Waals surface area contributed by atoms with E-state index in [9.17, 15) is 23.4 Å². The summed E-state index contributed by atoms with van der Waals surface area (Å²) >= 11 is 5.64. The molecule has 200 valence electrons. The number of aliphatic hydroxyl groups is 2. The smallest absolute Gasteiger partial charge is 0.178 e. The molecule has 5 rings (SSSR count). The Bertz CT molecular complexity index is 1250. The third-order valence-corrected chi connectivity index (χ3v) is 6.95. The van der Waals surface area contributed by atoms with E-state index in [1.807, 2.05) is 0 Å². The van der Waals surface area contributed by atoms with Crippen molar-refractivity contribution in [3.8, 4) is 11.3 Å². The average Bonchev–Trinajstić information content (AvgIpc) is 3.64. The van der Waals surface area contributed by atoms with Crippen LogP contribution in [0.2, 0.25) is 5.02 Å². The van der Waals surface area contributed by atoms with Gasteiger partial charge in [-0.15, -0.1) is 10.2 Å². The standard InChI is InChI=1S/C22H24ClF3N6O5/c1-35-22-16(4-10-5-31(29-27-10)15-9-36-8-13(15)24)37-17(7-33)21(34)20(22)32-6-14(28-30-32)11-2-3-12(23)19(26)18(11)25/h2-3,5-6,13,15-17,20-22,33-34H,4,7-9H2,1H3/t13-,15-,16-,17-,20+,21+,22+/m1/s1. The number of benzene rings is 1. The maximum Gasteiger partial charge on any atom is 0.178 e. The van der Waals surface area contributed by atoms with Crippen LogP contribution in [0.15, 0.2) is 24.5 Å². The van der Waals surface area contributed by atoms with Gasteiger partial charge in [0.2, 0.25) is 0 Å². The molecular weight excluding hydrogens is 521 g/mol. The molecule has 7 atom stereocenters. The Morgan fingerprint density at radius 2 is 1.89 bits per heavy atom. The molecule has 0 amide bonds. The summed E-state index contributed by atoms with van der Waals surface area (Å²) in [7, 11) is 1.41. The first kappa shape index (κ1) is 26.0. The van der Waals surface area contributed by atoms with Crippen LogP contribution in [0.3, 0.4) is 0 Å². The van der Waals surface area contributed by atoms with Gasteiger partial charge in [0.05, 0.1) is 42.8 Å². The van der Waals surface area contributed by atoms with Gasteiger partial charge in [-0.1, -0.05) is 22.0 Å². The van der Waals surface area contributed by atoms with Crippen molar-refractivity contribution in [3.63, 3.8) is 0 Å². The van der Waals surface area contributed by atoms with Gasteiger partial charge in [-0.05, 0) is 12.1 Å². The average molecular weight is 545 g/mol. The molecule has 2 saturated heterocycles. The Hall–Kier alpha value is -2.62. The first-order valence-corrected chi connectivity index (χ1v) is 11.9. The molecule has 0 spiro atoms. The predicted octanol–water partition coefficient (Wildman–Crippen LogP) is 1.30. The van der Waals surface area contributed by atoms with Gasteiger partial charge in [-0.3, -0.25) is 0 Å². The van der Waals surface area contributed by atoms with Crippen LogP contribution in [0, 0.1) is 11.6 Å². The molecule has 2 fully saturated rings. The lowest BCUT2D eigenvalue weighted by Crippen LogP contribution is -2.57. The first-order valence-electron chi connectivity index (χ1n) is 11.5. The molecule has 0 saturated carbocycles. The van der Waals surface area contributed by atoms with E-state index in [0.29, 0.717) is 5.69 Å². The lowest BCUT2D eigenvalue weighted by atomic mass is 9.90. The molecule has 15 heteroatoms. The van der Waals surface area contributed by atoms with Crippen molar-refractivity contribution >= 4 is 11.6 Å². The van der Waals surface area contributed by atoms with Crippen LogP contribution in [0.1, 0.15) is 17.8 Å². The largest absolute Gasteiger partial charge is 0.394 e. The summed E-state index contributed by atoms with van der Waals surface area (Å²) in [5.41, 5.74) is 0.301. The highest BCUT2D eigenvalue weighted by Crippen LogP contribution is 2.35. The number of hydrogen-bond acceptors (Lipinski definition) is 9. The minimum Gasteiger partial charge on any atom is -0.394 e. The van der Waals surface area contributed by atoms with Crippen LogP contribution in [-0.2, 0) is 20.6 Å². The van der Waals surface area contributed by atoms with Gasteiger partial charge in [0.1, 0.15) is 42.3 Å². The van der Waals surface area contributed by atoms with E-state index < -0.39 is 60.9 Å². The number of rotatable bonds is 7. The summed E-state index contributed by atoms with van der Waals surface area (Å²) < 4.78 is 61.9.